The van der Waals surface area contributed by atoms with E-state index in [2.05, 4.69) is 10.1 Å². The zero-order chi connectivity index (χ0) is 16.3. The van der Waals surface area contributed by atoms with Crippen molar-refractivity contribution >= 4 is 17.9 Å². The van der Waals surface area contributed by atoms with Crippen molar-refractivity contribution in [2.24, 2.45) is 0 Å². The van der Waals surface area contributed by atoms with Gasteiger partial charge in [0.05, 0.1) is 19.3 Å². The highest BCUT2D eigenvalue weighted by Crippen LogP contribution is 2.00. The number of ether oxygens (including phenoxy) is 3. The molecule has 0 aromatic rings. The number of carbonyl (C=O) groups is 3. The number of hydrogen-bond donors (Lipinski definition) is 2. The molecule has 1 atom stereocenters. The predicted octanol–water partition coefficient (Wildman–Crippen LogP) is -0.693. The van der Waals surface area contributed by atoms with Crippen LogP contribution in [-0.2, 0) is 23.8 Å². The van der Waals surface area contributed by atoms with Crippen LogP contribution in [0.2, 0.25) is 0 Å². The minimum atomic E-state index is -1.19. The molecule has 0 aromatic heterocycles. The first-order chi connectivity index (χ1) is 9.92. The number of rotatable bonds is 10. The molecule has 0 aromatic carbocycles. The van der Waals surface area contributed by atoms with Gasteiger partial charge in [-0.05, 0) is 6.92 Å². The monoisotopic (exact) mass is 306 g/mol. The van der Waals surface area contributed by atoms with Gasteiger partial charge in [-0.1, -0.05) is 0 Å². The molecule has 0 aliphatic heterocycles. The van der Waals surface area contributed by atoms with Crippen LogP contribution in [0.1, 0.15) is 6.92 Å². The Balaban J connectivity index is 4.37. The van der Waals surface area contributed by atoms with E-state index in [9.17, 15) is 14.4 Å². The standard InChI is InChI=1S/C12H22N2O7/c1-9(6-20-3)14(4-5-19-2)12(18)13-10(15)7-21-8-11(16)17/h9H,4-8H2,1-3H3,(H,16,17)(H,13,15,18). The summed E-state index contributed by atoms with van der Waals surface area (Å²) in [7, 11) is 3.01. The van der Waals surface area contributed by atoms with Crippen LogP contribution in [0.4, 0.5) is 4.79 Å². The van der Waals surface area contributed by atoms with Gasteiger partial charge in [0, 0.05) is 20.8 Å². The van der Waals surface area contributed by atoms with Gasteiger partial charge in [0.25, 0.3) is 5.91 Å². The number of carbonyl (C=O) groups excluding carboxylic acids is 2. The molecule has 3 amide bonds. The Morgan fingerprint density at radius 1 is 1.19 bits per heavy atom. The molecule has 122 valence electrons. The van der Waals surface area contributed by atoms with Crippen LogP contribution in [0.25, 0.3) is 0 Å². The summed E-state index contributed by atoms with van der Waals surface area (Å²) in [6.07, 6.45) is 0. The van der Waals surface area contributed by atoms with Crippen molar-refractivity contribution in [2.75, 3.05) is 47.2 Å². The molecular weight excluding hydrogens is 284 g/mol. The number of carboxylic acid groups (broad SMARTS) is 1. The maximum absolute atomic E-state index is 12.0. The molecule has 9 heteroatoms. The zero-order valence-corrected chi connectivity index (χ0v) is 12.5. The Hall–Kier alpha value is -1.71. The summed E-state index contributed by atoms with van der Waals surface area (Å²) in [5.74, 6) is -1.90. The van der Waals surface area contributed by atoms with Crippen molar-refractivity contribution in [3.05, 3.63) is 0 Å². The highest BCUT2D eigenvalue weighted by molar-refractivity contribution is 5.95. The van der Waals surface area contributed by atoms with E-state index in [1.165, 1.54) is 19.1 Å². The number of hydrogen-bond acceptors (Lipinski definition) is 6. The van der Waals surface area contributed by atoms with E-state index in [0.717, 1.165) is 0 Å². The van der Waals surface area contributed by atoms with E-state index in [0.29, 0.717) is 13.2 Å². The van der Waals surface area contributed by atoms with E-state index >= 15 is 0 Å². The Labute approximate surface area is 123 Å². The molecule has 0 radical (unpaired) electrons. The normalized spacial score (nSPS) is 11.8. The molecule has 0 fully saturated rings. The van der Waals surface area contributed by atoms with Gasteiger partial charge in [-0.15, -0.1) is 0 Å². The smallest absolute Gasteiger partial charge is 0.329 e. The molecule has 2 N–H and O–H groups in total. The maximum Gasteiger partial charge on any atom is 0.329 e. The first-order valence-corrected chi connectivity index (χ1v) is 6.30. The number of amides is 3. The fraction of sp³-hybridized carbons (Fsp3) is 0.750. The lowest BCUT2D eigenvalue weighted by Crippen LogP contribution is -2.50. The molecule has 0 saturated heterocycles. The van der Waals surface area contributed by atoms with Gasteiger partial charge in [0.1, 0.15) is 13.2 Å². The van der Waals surface area contributed by atoms with E-state index < -0.39 is 31.1 Å². The summed E-state index contributed by atoms with van der Waals surface area (Å²) in [6.45, 7) is 1.57. The van der Waals surface area contributed by atoms with Crippen molar-refractivity contribution < 1.29 is 33.7 Å². The average Bonchev–Trinajstić information content (AvgIpc) is 2.38. The van der Waals surface area contributed by atoms with Crippen LogP contribution in [0.5, 0.6) is 0 Å². The summed E-state index contributed by atoms with van der Waals surface area (Å²) < 4.78 is 14.5. The van der Waals surface area contributed by atoms with Crippen LogP contribution in [0.15, 0.2) is 0 Å². The number of methoxy groups -OCH3 is 2. The molecule has 9 nitrogen and oxygen atoms in total. The van der Waals surface area contributed by atoms with Gasteiger partial charge in [-0.2, -0.15) is 0 Å². The quantitative estimate of drug-likeness (QED) is 0.549. The number of imide groups is 1. The number of carboxylic acids is 1. The lowest BCUT2D eigenvalue weighted by atomic mass is 10.3. The molecular formula is C12H22N2O7. The molecule has 0 saturated carbocycles. The van der Waals surface area contributed by atoms with Crippen LogP contribution in [-0.4, -0.2) is 81.1 Å². The second-order valence-electron chi connectivity index (χ2n) is 4.23. The maximum atomic E-state index is 12.0. The van der Waals surface area contributed by atoms with Crippen molar-refractivity contribution in [1.29, 1.82) is 0 Å². The Bertz CT molecular complexity index is 348. The largest absolute Gasteiger partial charge is 0.480 e. The molecule has 21 heavy (non-hydrogen) atoms. The lowest BCUT2D eigenvalue weighted by Gasteiger charge is -2.28. The second kappa shape index (κ2) is 11.0. The highest BCUT2D eigenvalue weighted by atomic mass is 16.5. The third-order valence-corrected chi connectivity index (χ3v) is 2.44. The zero-order valence-electron chi connectivity index (χ0n) is 12.5. The Morgan fingerprint density at radius 2 is 1.86 bits per heavy atom. The number of aliphatic carboxylic acids is 1. The molecule has 0 aliphatic rings. The van der Waals surface area contributed by atoms with Gasteiger partial charge in [-0.25, -0.2) is 9.59 Å². The van der Waals surface area contributed by atoms with E-state index in [4.69, 9.17) is 14.6 Å². The minimum absolute atomic E-state index is 0.252. The van der Waals surface area contributed by atoms with E-state index in [1.807, 2.05) is 0 Å². The Morgan fingerprint density at radius 3 is 2.38 bits per heavy atom. The second-order valence-corrected chi connectivity index (χ2v) is 4.23. The van der Waals surface area contributed by atoms with Crippen molar-refractivity contribution in [3.8, 4) is 0 Å². The van der Waals surface area contributed by atoms with Crippen LogP contribution in [0, 0.1) is 0 Å². The summed E-state index contributed by atoms with van der Waals surface area (Å²) >= 11 is 0. The summed E-state index contributed by atoms with van der Waals surface area (Å²) in [5, 5.41) is 10.5. The fourth-order valence-electron chi connectivity index (χ4n) is 1.50. The molecule has 1 unspecified atom stereocenters. The van der Waals surface area contributed by atoms with Crippen molar-refractivity contribution in [3.63, 3.8) is 0 Å². The molecule has 0 bridgehead atoms. The minimum Gasteiger partial charge on any atom is -0.480 e. The highest BCUT2D eigenvalue weighted by Gasteiger charge is 2.21. The summed E-state index contributed by atoms with van der Waals surface area (Å²) in [4.78, 5) is 35.1. The molecule has 0 spiro atoms. The first-order valence-electron chi connectivity index (χ1n) is 6.30. The topological polar surface area (TPSA) is 114 Å². The molecule has 0 heterocycles. The number of nitrogens with zero attached hydrogens (tertiary/aromatic N) is 1. The molecule has 0 rings (SSSR count). The van der Waals surface area contributed by atoms with Crippen molar-refractivity contribution in [2.45, 2.75) is 13.0 Å². The molecule has 0 aliphatic carbocycles. The number of urea groups is 1. The van der Waals surface area contributed by atoms with E-state index in [1.54, 1.807) is 6.92 Å². The van der Waals surface area contributed by atoms with Crippen LogP contribution in [0.3, 0.4) is 0 Å². The van der Waals surface area contributed by atoms with Gasteiger partial charge >= 0.3 is 12.0 Å². The summed E-state index contributed by atoms with van der Waals surface area (Å²) in [6, 6.07) is -0.863. The van der Waals surface area contributed by atoms with Crippen LogP contribution >= 0.6 is 0 Å². The number of nitrogens with one attached hydrogen (secondary N) is 1. The summed E-state index contributed by atoms with van der Waals surface area (Å²) in [5.41, 5.74) is 0. The third-order valence-electron chi connectivity index (χ3n) is 2.44. The average molecular weight is 306 g/mol. The third kappa shape index (κ3) is 8.95. The predicted molar refractivity (Wildman–Crippen MR) is 71.9 cm³/mol. The van der Waals surface area contributed by atoms with Crippen LogP contribution < -0.4 is 5.32 Å². The Kier molecular flexibility index (Phi) is 10.1. The SMILES string of the molecule is COCCN(C(=O)NC(=O)COCC(=O)O)C(C)COC. The van der Waals surface area contributed by atoms with E-state index in [-0.39, 0.29) is 12.6 Å². The fourth-order valence-corrected chi connectivity index (χ4v) is 1.50. The van der Waals surface area contributed by atoms with Gasteiger partial charge < -0.3 is 24.2 Å². The van der Waals surface area contributed by atoms with Gasteiger partial charge in [0.2, 0.25) is 0 Å². The first kappa shape index (κ1) is 19.3. The lowest BCUT2D eigenvalue weighted by molar-refractivity contribution is -0.143. The van der Waals surface area contributed by atoms with Gasteiger partial charge in [0.15, 0.2) is 0 Å². The van der Waals surface area contributed by atoms with Crippen molar-refractivity contribution in [1.82, 2.24) is 10.2 Å². The van der Waals surface area contributed by atoms with Gasteiger partial charge in [-0.3, -0.25) is 10.1 Å².